The number of methoxy groups -OCH3 is 2. The van der Waals surface area contributed by atoms with Gasteiger partial charge in [-0.15, -0.1) is 11.3 Å². The molecule has 7 nitrogen and oxygen atoms in total. The Bertz CT molecular complexity index is 1230. The minimum Gasteiger partial charge on any atom is -0.493 e. The third-order valence-corrected chi connectivity index (χ3v) is 7.58. The molecule has 210 valence electrons. The SMILES string of the molecule is CCOCCCN(CC(=O)N(CCc1ccc(OC)c(OC)c1)Cc1sccc1C)C(=O)c1cccc(C)c1. The molecule has 0 N–H and O–H groups in total. The fraction of sp³-hybridized carbons (Fsp3) is 0.419. The van der Waals surface area contributed by atoms with Crippen LogP contribution in [0.1, 0.15) is 45.3 Å². The number of amides is 2. The van der Waals surface area contributed by atoms with Crippen molar-refractivity contribution in [3.8, 4) is 11.5 Å². The summed E-state index contributed by atoms with van der Waals surface area (Å²) in [6, 6.07) is 15.4. The Labute approximate surface area is 236 Å². The highest BCUT2D eigenvalue weighted by molar-refractivity contribution is 7.10. The van der Waals surface area contributed by atoms with Gasteiger partial charge in [-0.3, -0.25) is 9.59 Å². The van der Waals surface area contributed by atoms with Crippen LogP contribution in [0.4, 0.5) is 0 Å². The molecule has 0 radical (unpaired) electrons. The maximum Gasteiger partial charge on any atom is 0.254 e. The molecule has 0 aliphatic heterocycles. The van der Waals surface area contributed by atoms with Crippen LogP contribution < -0.4 is 9.47 Å². The van der Waals surface area contributed by atoms with Crippen molar-refractivity contribution in [2.75, 3.05) is 47.1 Å². The third-order valence-electron chi connectivity index (χ3n) is 6.57. The van der Waals surface area contributed by atoms with E-state index in [4.69, 9.17) is 14.2 Å². The van der Waals surface area contributed by atoms with Crippen molar-refractivity contribution in [2.45, 2.75) is 40.2 Å². The molecule has 39 heavy (non-hydrogen) atoms. The monoisotopic (exact) mass is 552 g/mol. The van der Waals surface area contributed by atoms with E-state index in [9.17, 15) is 9.59 Å². The second kappa shape index (κ2) is 15.3. The van der Waals surface area contributed by atoms with Gasteiger partial charge >= 0.3 is 0 Å². The predicted octanol–water partition coefficient (Wildman–Crippen LogP) is 5.52. The van der Waals surface area contributed by atoms with Crippen LogP contribution in [0.3, 0.4) is 0 Å². The van der Waals surface area contributed by atoms with Crippen LogP contribution in [0.15, 0.2) is 53.9 Å². The summed E-state index contributed by atoms with van der Waals surface area (Å²) >= 11 is 1.64. The van der Waals surface area contributed by atoms with Crippen molar-refractivity contribution in [3.63, 3.8) is 0 Å². The van der Waals surface area contributed by atoms with Gasteiger partial charge in [-0.2, -0.15) is 0 Å². The largest absolute Gasteiger partial charge is 0.493 e. The first kappa shape index (κ1) is 30.2. The molecule has 0 aliphatic carbocycles. The molecule has 1 heterocycles. The molecule has 0 saturated heterocycles. The van der Waals surface area contributed by atoms with Crippen LogP contribution in [-0.2, 0) is 22.5 Å². The fourth-order valence-corrected chi connectivity index (χ4v) is 5.23. The zero-order chi connectivity index (χ0) is 28.2. The fourth-order valence-electron chi connectivity index (χ4n) is 4.31. The van der Waals surface area contributed by atoms with Crippen molar-refractivity contribution < 1.29 is 23.8 Å². The van der Waals surface area contributed by atoms with Crippen molar-refractivity contribution in [2.24, 2.45) is 0 Å². The molecule has 3 rings (SSSR count). The minimum atomic E-state index is -0.143. The minimum absolute atomic E-state index is 0.00918. The zero-order valence-electron chi connectivity index (χ0n) is 23.7. The van der Waals surface area contributed by atoms with E-state index >= 15 is 0 Å². The lowest BCUT2D eigenvalue weighted by Crippen LogP contribution is -2.44. The standard InChI is InChI=1S/C31H40N2O5S/c1-6-38-17-8-15-33(31(35)26-10-7-9-23(2)19-26)22-30(34)32(21-29-24(3)14-18-39-29)16-13-25-11-12-27(36-4)28(20-25)37-5/h7,9-12,14,18-20H,6,8,13,15-17,21-22H2,1-5H3. The summed E-state index contributed by atoms with van der Waals surface area (Å²) in [5.74, 6) is 1.10. The van der Waals surface area contributed by atoms with E-state index < -0.39 is 0 Å². The molecule has 2 amide bonds. The molecular weight excluding hydrogens is 512 g/mol. The maximum absolute atomic E-state index is 13.8. The lowest BCUT2D eigenvalue weighted by Gasteiger charge is -2.28. The molecule has 3 aromatic rings. The Morgan fingerprint density at radius 3 is 2.38 bits per heavy atom. The molecule has 0 atom stereocenters. The molecule has 0 saturated carbocycles. The average Bonchev–Trinajstić information content (AvgIpc) is 3.35. The highest BCUT2D eigenvalue weighted by Gasteiger charge is 2.23. The van der Waals surface area contributed by atoms with Crippen molar-refractivity contribution >= 4 is 23.2 Å². The van der Waals surface area contributed by atoms with Gasteiger partial charge < -0.3 is 24.0 Å². The lowest BCUT2D eigenvalue weighted by molar-refractivity contribution is -0.132. The molecule has 0 aliphatic rings. The molecule has 8 heteroatoms. The first-order valence-electron chi connectivity index (χ1n) is 13.3. The summed E-state index contributed by atoms with van der Waals surface area (Å²) < 4.78 is 16.3. The van der Waals surface area contributed by atoms with Crippen molar-refractivity contribution in [1.29, 1.82) is 0 Å². The second-order valence-corrected chi connectivity index (χ2v) is 10.4. The van der Waals surface area contributed by atoms with Crippen LogP contribution in [-0.4, -0.2) is 68.7 Å². The van der Waals surface area contributed by atoms with Gasteiger partial charge in [0.25, 0.3) is 5.91 Å². The van der Waals surface area contributed by atoms with Gasteiger partial charge in [0.15, 0.2) is 11.5 Å². The maximum atomic E-state index is 13.8. The normalized spacial score (nSPS) is 10.8. The van der Waals surface area contributed by atoms with Crippen LogP contribution in [0.5, 0.6) is 11.5 Å². The molecule has 0 spiro atoms. The van der Waals surface area contributed by atoms with Gasteiger partial charge in [-0.1, -0.05) is 23.8 Å². The van der Waals surface area contributed by atoms with E-state index in [-0.39, 0.29) is 18.4 Å². The van der Waals surface area contributed by atoms with Gasteiger partial charge in [0.05, 0.1) is 20.8 Å². The highest BCUT2D eigenvalue weighted by atomic mass is 32.1. The van der Waals surface area contributed by atoms with Gasteiger partial charge in [-0.25, -0.2) is 0 Å². The van der Waals surface area contributed by atoms with E-state index in [1.165, 1.54) is 0 Å². The Morgan fingerprint density at radius 2 is 1.72 bits per heavy atom. The number of nitrogens with zero attached hydrogens (tertiary/aromatic N) is 2. The average molecular weight is 553 g/mol. The van der Waals surface area contributed by atoms with E-state index in [1.807, 2.05) is 60.5 Å². The summed E-state index contributed by atoms with van der Waals surface area (Å²) in [6.45, 7) is 8.59. The van der Waals surface area contributed by atoms with Crippen molar-refractivity contribution in [1.82, 2.24) is 9.80 Å². The topological polar surface area (TPSA) is 68.3 Å². The quantitative estimate of drug-likeness (QED) is 0.232. The Balaban J connectivity index is 1.80. The summed E-state index contributed by atoms with van der Waals surface area (Å²) in [5, 5.41) is 2.04. The molecule has 2 aromatic carbocycles. The smallest absolute Gasteiger partial charge is 0.254 e. The molecule has 0 bridgehead atoms. The van der Waals surface area contributed by atoms with E-state index in [0.29, 0.717) is 62.8 Å². The van der Waals surface area contributed by atoms with Gasteiger partial charge in [0.1, 0.15) is 6.54 Å². The predicted molar refractivity (Wildman–Crippen MR) is 156 cm³/mol. The number of carbonyl (C=O) groups is 2. The number of carbonyl (C=O) groups excluding carboxylic acids is 2. The third kappa shape index (κ3) is 8.83. The number of hydrogen-bond acceptors (Lipinski definition) is 6. The summed E-state index contributed by atoms with van der Waals surface area (Å²) in [4.78, 5) is 31.9. The van der Waals surface area contributed by atoms with E-state index in [2.05, 4.69) is 13.0 Å². The van der Waals surface area contributed by atoms with Gasteiger partial charge in [0, 0.05) is 36.7 Å². The Kier molecular flexibility index (Phi) is 11.8. The van der Waals surface area contributed by atoms with Crippen LogP contribution >= 0.6 is 11.3 Å². The van der Waals surface area contributed by atoms with Crippen LogP contribution in [0.2, 0.25) is 0 Å². The number of thiophene rings is 1. The molecule has 0 unspecified atom stereocenters. The molecular formula is C31H40N2O5S. The lowest BCUT2D eigenvalue weighted by atomic mass is 10.1. The summed E-state index contributed by atoms with van der Waals surface area (Å²) in [7, 11) is 3.22. The summed E-state index contributed by atoms with van der Waals surface area (Å²) in [5.41, 5.74) is 3.79. The van der Waals surface area contributed by atoms with Crippen LogP contribution in [0.25, 0.3) is 0 Å². The van der Waals surface area contributed by atoms with E-state index in [1.54, 1.807) is 36.5 Å². The summed E-state index contributed by atoms with van der Waals surface area (Å²) in [6.07, 6.45) is 1.31. The number of aryl methyl sites for hydroxylation is 2. The Morgan fingerprint density at radius 1 is 0.923 bits per heavy atom. The van der Waals surface area contributed by atoms with Gasteiger partial charge in [0.2, 0.25) is 5.91 Å². The highest BCUT2D eigenvalue weighted by Crippen LogP contribution is 2.28. The Hall–Kier alpha value is -3.36. The van der Waals surface area contributed by atoms with Crippen molar-refractivity contribution in [3.05, 3.63) is 81.0 Å². The molecule has 0 fully saturated rings. The first-order chi connectivity index (χ1) is 18.9. The van der Waals surface area contributed by atoms with Gasteiger partial charge in [-0.05, 0) is 80.5 Å². The number of rotatable bonds is 15. The second-order valence-electron chi connectivity index (χ2n) is 9.43. The zero-order valence-corrected chi connectivity index (χ0v) is 24.5. The van der Waals surface area contributed by atoms with E-state index in [0.717, 1.165) is 21.6 Å². The van der Waals surface area contributed by atoms with Crippen LogP contribution in [0, 0.1) is 13.8 Å². The number of ether oxygens (including phenoxy) is 3. The first-order valence-corrected chi connectivity index (χ1v) is 14.2. The molecule has 1 aromatic heterocycles. The number of hydrogen-bond donors (Lipinski definition) is 0. The number of benzene rings is 2.